The summed E-state index contributed by atoms with van der Waals surface area (Å²) < 4.78 is 2.01. The van der Waals surface area contributed by atoms with E-state index in [0.29, 0.717) is 0 Å². The molecule has 2 N–H and O–H groups in total. The van der Waals surface area contributed by atoms with Crippen LogP contribution in [0.3, 0.4) is 0 Å². The van der Waals surface area contributed by atoms with E-state index in [1.807, 2.05) is 18.5 Å². The predicted molar refractivity (Wildman–Crippen MR) is 83.8 cm³/mol. The third-order valence-electron chi connectivity index (χ3n) is 3.55. The van der Waals surface area contributed by atoms with Crippen LogP contribution in [0.1, 0.15) is 35.5 Å². The van der Waals surface area contributed by atoms with E-state index in [2.05, 4.69) is 48.3 Å². The molecular formula is C15H22N4S. The Balaban J connectivity index is 2.28. The quantitative estimate of drug-likeness (QED) is 0.860. The fraction of sp³-hybridized carbons (Fsp3) is 0.467. The maximum absolute atomic E-state index is 6.31. The maximum atomic E-state index is 6.31. The van der Waals surface area contributed by atoms with Crippen LogP contribution >= 0.6 is 11.8 Å². The van der Waals surface area contributed by atoms with Crippen molar-refractivity contribution in [1.82, 2.24) is 14.8 Å². The van der Waals surface area contributed by atoms with Crippen LogP contribution in [0.4, 0.5) is 0 Å². The number of aryl methyl sites for hydroxylation is 2. The van der Waals surface area contributed by atoms with E-state index in [1.54, 1.807) is 11.8 Å². The van der Waals surface area contributed by atoms with Crippen LogP contribution in [0.15, 0.2) is 29.4 Å². The first-order valence-electron chi connectivity index (χ1n) is 6.87. The Morgan fingerprint density at radius 1 is 1.20 bits per heavy atom. The van der Waals surface area contributed by atoms with E-state index >= 15 is 0 Å². The highest BCUT2D eigenvalue weighted by Gasteiger charge is 2.22. The van der Waals surface area contributed by atoms with E-state index < -0.39 is 0 Å². The van der Waals surface area contributed by atoms with Crippen molar-refractivity contribution in [3.8, 4) is 0 Å². The van der Waals surface area contributed by atoms with Crippen LogP contribution in [0, 0.1) is 13.8 Å². The standard InChI is InChI=1S/C15H22N4S/c1-5-13(16)14(12-8-6-10(2)7-9-12)20-15-18-17-11(3)19(15)4/h6-9,13-14H,5,16H2,1-4H3. The fourth-order valence-corrected chi connectivity index (χ4v) is 3.24. The van der Waals surface area contributed by atoms with E-state index in [9.17, 15) is 0 Å². The van der Waals surface area contributed by atoms with Crippen molar-refractivity contribution in [2.45, 2.75) is 43.6 Å². The molecule has 0 amide bonds. The topological polar surface area (TPSA) is 56.7 Å². The molecule has 1 aromatic carbocycles. The predicted octanol–water partition coefficient (Wildman–Crippen LogP) is 3.00. The van der Waals surface area contributed by atoms with Crippen LogP contribution in [-0.4, -0.2) is 20.8 Å². The Labute approximate surface area is 124 Å². The van der Waals surface area contributed by atoms with E-state index in [0.717, 1.165) is 17.4 Å². The number of thioether (sulfide) groups is 1. The number of aromatic nitrogens is 3. The summed E-state index contributed by atoms with van der Waals surface area (Å²) in [5, 5.41) is 9.46. The summed E-state index contributed by atoms with van der Waals surface area (Å²) in [5.74, 6) is 0.917. The summed E-state index contributed by atoms with van der Waals surface area (Å²) in [4.78, 5) is 0. The molecule has 0 spiro atoms. The van der Waals surface area contributed by atoms with Gasteiger partial charge in [-0.3, -0.25) is 0 Å². The van der Waals surface area contributed by atoms with Gasteiger partial charge in [-0.05, 0) is 25.8 Å². The zero-order valence-corrected chi connectivity index (χ0v) is 13.3. The largest absolute Gasteiger partial charge is 0.326 e. The number of nitrogens with zero attached hydrogens (tertiary/aromatic N) is 3. The highest BCUT2D eigenvalue weighted by atomic mass is 32.2. The average molecular weight is 290 g/mol. The molecule has 1 heterocycles. The van der Waals surface area contributed by atoms with Gasteiger partial charge in [0.05, 0.1) is 5.25 Å². The highest BCUT2D eigenvalue weighted by molar-refractivity contribution is 7.99. The second-order valence-corrected chi connectivity index (χ2v) is 6.22. The van der Waals surface area contributed by atoms with Crippen molar-refractivity contribution in [2.24, 2.45) is 12.8 Å². The molecule has 2 rings (SSSR count). The van der Waals surface area contributed by atoms with Gasteiger partial charge in [0.1, 0.15) is 5.82 Å². The summed E-state index contributed by atoms with van der Waals surface area (Å²) in [5.41, 5.74) is 8.82. The smallest absolute Gasteiger partial charge is 0.191 e. The van der Waals surface area contributed by atoms with Gasteiger partial charge in [-0.15, -0.1) is 10.2 Å². The number of hydrogen-bond acceptors (Lipinski definition) is 4. The minimum atomic E-state index is 0.0970. The maximum Gasteiger partial charge on any atom is 0.191 e. The Kier molecular flexibility index (Phi) is 4.83. The minimum absolute atomic E-state index is 0.0970. The number of rotatable bonds is 5. The lowest BCUT2D eigenvalue weighted by atomic mass is 10.0. The Bertz CT molecular complexity index is 562. The highest BCUT2D eigenvalue weighted by Crippen LogP contribution is 2.37. The van der Waals surface area contributed by atoms with Gasteiger partial charge >= 0.3 is 0 Å². The molecule has 2 unspecified atom stereocenters. The first-order valence-corrected chi connectivity index (χ1v) is 7.75. The van der Waals surface area contributed by atoms with Gasteiger partial charge in [0.25, 0.3) is 0 Å². The number of nitrogens with two attached hydrogens (primary N) is 1. The lowest BCUT2D eigenvalue weighted by molar-refractivity contribution is 0.630. The average Bonchev–Trinajstić information content (AvgIpc) is 2.77. The molecule has 1 aromatic heterocycles. The van der Waals surface area contributed by atoms with Crippen LogP contribution in [0.25, 0.3) is 0 Å². The molecule has 0 saturated heterocycles. The van der Waals surface area contributed by atoms with Gasteiger partial charge in [-0.25, -0.2) is 0 Å². The van der Waals surface area contributed by atoms with E-state index in [4.69, 9.17) is 5.73 Å². The van der Waals surface area contributed by atoms with Crippen molar-refractivity contribution < 1.29 is 0 Å². The third kappa shape index (κ3) is 3.22. The molecule has 20 heavy (non-hydrogen) atoms. The SMILES string of the molecule is CCC(N)C(Sc1nnc(C)n1C)c1ccc(C)cc1. The summed E-state index contributed by atoms with van der Waals surface area (Å²) >= 11 is 1.69. The van der Waals surface area contributed by atoms with E-state index in [1.165, 1.54) is 11.1 Å². The first-order chi connectivity index (χ1) is 9.52. The molecule has 0 saturated carbocycles. The third-order valence-corrected chi connectivity index (χ3v) is 4.99. The molecule has 0 radical (unpaired) electrons. The molecule has 2 atom stereocenters. The van der Waals surface area contributed by atoms with Crippen molar-refractivity contribution in [3.63, 3.8) is 0 Å². The van der Waals surface area contributed by atoms with Gasteiger partial charge in [0, 0.05) is 13.1 Å². The molecule has 2 aromatic rings. The van der Waals surface area contributed by atoms with Gasteiger partial charge in [-0.1, -0.05) is 48.5 Å². The molecule has 0 aliphatic rings. The van der Waals surface area contributed by atoms with Crippen molar-refractivity contribution in [3.05, 3.63) is 41.2 Å². The molecule has 4 nitrogen and oxygen atoms in total. The summed E-state index contributed by atoms with van der Waals surface area (Å²) in [6.07, 6.45) is 0.933. The molecule has 0 bridgehead atoms. The summed E-state index contributed by atoms with van der Waals surface area (Å²) in [6.45, 7) is 6.17. The van der Waals surface area contributed by atoms with Crippen molar-refractivity contribution in [1.29, 1.82) is 0 Å². The number of benzene rings is 1. The second kappa shape index (κ2) is 6.41. The molecular weight excluding hydrogens is 268 g/mol. The van der Waals surface area contributed by atoms with Crippen LogP contribution < -0.4 is 5.73 Å². The van der Waals surface area contributed by atoms with Crippen molar-refractivity contribution >= 4 is 11.8 Å². The molecule has 0 fully saturated rings. The van der Waals surface area contributed by atoms with E-state index in [-0.39, 0.29) is 11.3 Å². The van der Waals surface area contributed by atoms with Crippen LogP contribution in [-0.2, 0) is 7.05 Å². The Morgan fingerprint density at radius 2 is 1.85 bits per heavy atom. The van der Waals surface area contributed by atoms with Gasteiger partial charge in [0.2, 0.25) is 0 Å². The molecule has 0 aliphatic carbocycles. The molecule has 0 aliphatic heterocycles. The zero-order valence-electron chi connectivity index (χ0n) is 12.5. The van der Waals surface area contributed by atoms with Gasteiger partial charge < -0.3 is 10.3 Å². The van der Waals surface area contributed by atoms with Crippen LogP contribution in [0.5, 0.6) is 0 Å². The van der Waals surface area contributed by atoms with Gasteiger partial charge in [0.15, 0.2) is 5.16 Å². The first kappa shape index (κ1) is 15.1. The zero-order chi connectivity index (χ0) is 14.7. The lowest BCUT2D eigenvalue weighted by Crippen LogP contribution is -2.26. The Hall–Kier alpha value is -1.33. The van der Waals surface area contributed by atoms with Crippen molar-refractivity contribution in [2.75, 3.05) is 0 Å². The monoisotopic (exact) mass is 290 g/mol. The van der Waals surface area contributed by atoms with Crippen LogP contribution in [0.2, 0.25) is 0 Å². The second-order valence-electron chi connectivity index (χ2n) is 5.11. The molecule has 108 valence electrons. The van der Waals surface area contributed by atoms with Gasteiger partial charge in [-0.2, -0.15) is 0 Å². The Morgan fingerprint density at radius 3 is 2.35 bits per heavy atom. The number of hydrogen-bond donors (Lipinski definition) is 1. The lowest BCUT2D eigenvalue weighted by Gasteiger charge is -2.22. The normalized spacial score (nSPS) is 14.2. The fourth-order valence-electron chi connectivity index (χ4n) is 1.98. The molecule has 5 heteroatoms. The summed E-state index contributed by atoms with van der Waals surface area (Å²) in [7, 11) is 1.99. The summed E-state index contributed by atoms with van der Waals surface area (Å²) in [6, 6.07) is 8.68. The minimum Gasteiger partial charge on any atom is -0.326 e.